The standard InChI is InChI=1S/C19H29N2O9P/c1-11(2)28-17(24)18(3,4)10-27-31(25)26-9-13-15(30-31)19(5,20)16(29-13)21-7-6-12(22)8-14(21)23/h6-7,11,13,15-16H,8-10,20H2,1-5H3/t13-,15-,16-,19-,31+/m1/s1. The molecule has 2 N–H and O–H groups in total. The number of ether oxygens (including phenoxy) is 2. The Bertz CT molecular complexity index is 838. The van der Waals surface area contributed by atoms with Crippen molar-refractivity contribution >= 4 is 25.5 Å². The third kappa shape index (κ3) is 4.92. The maximum Gasteiger partial charge on any atom is 0.475 e. The number of amides is 1. The number of carbonyl (C=O) groups is 3. The van der Waals surface area contributed by atoms with Crippen LogP contribution in [0.1, 0.15) is 41.0 Å². The van der Waals surface area contributed by atoms with Crippen molar-refractivity contribution in [2.24, 2.45) is 11.1 Å². The molecule has 0 aliphatic carbocycles. The van der Waals surface area contributed by atoms with Gasteiger partial charge in [-0.3, -0.25) is 32.9 Å². The molecule has 0 aromatic rings. The molecule has 5 atom stereocenters. The minimum atomic E-state index is -4.07. The van der Waals surface area contributed by atoms with Crippen LogP contribution in [0, 0.1) is 5.41 Å². The number of ketones is 1. The van der Waals surface area contributed by atoms with E-state index in [0.717, 1.165) is 0 Å². The first-order chi connectivity index (χ1) is 14.2. The number of phosphoric ester groups is 1. The lowest BCUT2D eigenvalue weighted by Gasteiger charge is -2.38. The molecule has 3 aliphatic rings. The molecule has 2 fully saturated rings. The zero-order valence-electron chi connectivity index (χ0n) is 18.2. The quantitative estimate of drug-likeness (QED) is 0.349. The second-order valence-corrected chi connectivity index (χ2v) is 10.7. The van der Waals surface area contributed by atoms with E-state index in [0.29, 0.717) is 0 Å². The maximum absolute atomic E-state index is 13.1. The normalized spacial score (nSPS) is 36.1. The number of carbonyl (C=O) groups excluding carboxylic acids is 3. The molecule has 1 amide bonds. The van der Waals surface area contributed by atoms with Crippen LogP contribution in [0.3, 0.4) is 0 Å². The molecule has 0 bridgehead atoms. The van der Waals surface area contributed by atoms with Gasteiger partial charge < -0.3 is 15.2 Å². The smallest absolute Gasteiger partial charge is 0.462 e. The van der Waals surface area contributed by atoms with Crippen LogP contribution in [-0.4, -0.2) is 65.9 Å². The zero-order valence-corrected chi connectivity index (χ0v) is 19.1. The Kier molecular flexibility index (Phi) is 6.50. The summed E-state index contributed by atoms with van der Waals surface area (Å²) in [7, 11) is -4.07. The maximum atomic E-state index is 13.1. The van der Waals surface area contributed by atoms with Gasteiger partial charge in [-0.1, -0.05) is 0 Å². The first-order valence-electron chi connectivity index (χ1n) is 10.0. The van der Waals surface area contributed by atoms with Crippen molar-refractivity contribution in [1.29, 1.82) is 0 Å². The van der Waals surface area contributed by atoms with Gasteiger partial charge in [0.25, 0.3) is 0 Å². The summed E-state index contributed by atoms with van der Waals surface area (Å²) >= 11 is 0. The molecule has 3 rings (SSSR count). The summed E-state index contributed by atoms with van der Waals surface area (Å²) in [6, 6.07) is 0. The van der Waals surface area contributed by atoms with Crippen molar-refractivity contribution in [3.63, 3.8) is 0 Å². The van der Waals surface area contributed by atoms with Crippen molar-refractivity contribution in [1.82, 2.24) is 4.90 Å². The highest BCUT2D eigenvalue weighted by molar-refractivity contribution is 7.48. The number of nitrogens with zero attached hydrogens (tertiary/aromatic N) is 1. The van der Waals surface area contributed by atoms with E-state index in [2.05, 4.69) is 0 Å². The van der Waals surface area contributed by atoms with Gasteiger partial charge in [0, 0.05) is 6.20 Å². The monoisotopic (exact) mass is 460 g/mol. The molecule has 174 valence electrons. The molecule has 0 spiro atoms. The third-order valence-corrected chi connectivity index (χ3v) is 6.59. The average molecular weight is 460 g/mol. The van der Waals surface area contributed by atoms with Gasteiger partial charge in [0.05, 0.1) is 36.7 Å². The Balaban J connectivity index is 1.70. The van der Waals surface area contributed by atoms with Crippen molar-refractivity contribution in [3.8, 4) is 0 Å². The second kappa shape index (κ2) is 8.38. The van der Waals surface area contributed by atoms with Crippen molar-refractivity contribution in [3.05, 3.63) is 12.3 Å². The molecule has 0 saturated carbocycles. The fourth-order valence-corrected chi connectivity index (χ4v) is 5.08. The minimum absolute atomic E-state index is 0.146. The largest absolute Gasteiger partial charge is 0.475 e. The molecule has 0 aromatic heterocycles. The molecule has 0 radical (unpaired) electrons. The van der Waals surface area contributed by atoms with Gasteiger partial charge in [-0.05, 0) is 40.7 Å². The lowest BCUT2D eigenvalue weighted by atomic mass is 9.92. The van der Waals surface area contributed by atoms with E-state index in [1.807, 2.05) is 0 Å². The molecule has 2 saturated heterocycles. The van der Waals surface area contributed by atoms with Gasteiger partial charge in [0.1, 0.15) is 12.2 Å². The molecule has 0 aromatic carbocycles. The first kappa shape index (κ1) is 24.0. The second-order valence-electron chi connectivity index (χ2n) is 9.03. The topological polar surface area (TPSA) is 144 Å². The summed E-state index contributed by atoms with van der Waals surface area (Å²) < 4.78 is 40.5. The fourth-order valence-electron chi connectivity index (χ4n) is 3.43. The summed E-state index contributed by atoms with van der Waals surface area (Å²) in [6.07, 6.45) is -0.578. The van der Waals surface area contributed by atoms with Gasteiger partial charge in [-0.25, -0.2) is 4.57 Å². The summed E-state index contributed by atoms with van der Waals surface area (Å²) in [5.41, 5.74) is 4.07. The molecule has 11 nitrogen and oxygen atoms in total. The highest BCUT2D eigenvalue weighted by atomic mass is 31.2. The predicted molar refractivity (Wildman–Crippen MR) is 106 cm³/mol. The average Bonchev–Trinajstić information content (AvgIpc) is 2.90. The van der Waals surface area contributed by atoms with E-state index >= 15 is 0 Å². The van der Waals surface area contributed by atoms with Crippen LogP contribution in [0.4, 0.5) is 0 Å². The van der Waals surface area contributed by atoms with Gasteiger partial charge in [-0.2, -0.15) is 0 Å². The minimum Gasteiger partial charge on any atom is -0.462 e. The first-order valence-corrected chi connectivity index (χ1v) is 11.5. The zero-order chi connectivity index (χ0) is 23.2. The van der Waals surface area contributed by atoms with Crippen molar-refractivity contribution in [2.75, 3.05) is 13.2 Å². The Morgan fingerprint density at radius 3 is 2.71 bits per heavy atom. The number of phosphoric acid groups is 1. The fraction of sp³-hybridized carbons (Fsp3) is 0.737. The van der Waals surface area contributed by atoms with Crippen molar-refractivity contribution < 1.29 is 42.0 Å². The van der Waals surface area contributed by atoms with E-state index in [9.17, 15) is 18.9 Å². The lowest BCUT2D eigenvalue weighted by molar-refractivity contribution is -0.160. The molecular formula is C19H29N2O9P. The third-order valence-electron chi connectivity index (χ3n) is 5.19. The van der Waals surface area contributed by atoms with E-state index < -0.39 is 49.1 Å². The molecule has 12 heteroatoms. The van der Waals surface area contributed by atoms with Gasteiger partial charge in [0.2, 0.25) is 5.91 Å². The number of hydrogen-bond acceptors (Lipinski definition) is 10. The van der Waals surface area contributed by atoms with Gasteiger partial charge in [0.15, 0.2) is 12.0 Å². The summed E-state index contributed by atoms with van der Waals surface area (Å²) in [5, 5.41) is 0. The molecule has 3 heterocycles. The molecule has 3 aliphatic heterocycles. The summed E-state index contributed by atoms with van der Waals surface area (Å²) in [5.74, 6) is -1.29. The van der Waals surface area contributed by atoms with Crippen molar-refractivity contribution in [2.45, 2.75) is 71.1 Å². The van der Waals surface area contributed by atoms with Crippen LogP contribution in [0.5, 0.6) is 0 Å². The Labute approximate surface area is 180 Å². The Morgan fingerprint density at radius 2 is 2.10 bits per heavy atom. The van der Waals surface area contributed by atoms with E-state index in [4.69, 9.17) is 28.8 Å². The highest BCUT2D eigenvalue weighted by Crippen LogP contribution is 2.58. The van der Waals surface area contributed by atoms with Crippen LogP contribution in [0.25, 0.3) is 0 Å². The van der Waals surface area contributed by atoms with E-state index in [-0.39, 0.29) is 31.5 Å². The highest BCUT2D eigenvalue weighted by Gasteiger charge is 2.60. The summed E-state index contributed by atoms with van der Waals surface area (Å²) in [4.78, 5) is 37.2. The number of fused-ring (bicyclic) bond motifs is 1. The van der Waals surface area contributed by atoms with Crippen LogP contribution >= 0.6 is 7.82 Å². The predicted octanol–water partition coefficient (Wildman–Crippen LogP) is 1.26. The summed E-state index contributed by atoms with van der Waals surface area (Å²) in [6.45, 7) is 7.81. The van der Waals surface area contributed by atoms with Gasteiger partial charge >= 0.3 is 13.8 Å². The number of hydrogen-bond donors (Lipinski definition) is 1. The van der Waals surface area contributed by atoms with Crippen LogP contribution < -0.4 is 5.73 Å². The Morgan fingerprint density at radius 1 is 1.42 bits per heavy atom. The van der Waals surface area contributed by atoms with Crippen LogP contribution in [0.2, 0.25) is 0 Å². The number of esters is 1. The SMILES string of the molecule is CC(C)OC(=O)C(C)(C)CO[P@]1(=O)OC[C@H]2O[C@@H](N3C=CC(=O)CC3=O)[C@](C)(N)[C@@H]2O1. The molecule has 0 unspecified atom stereocenters. The molecular weight excluding hydrogens is 431 g/mol. The number of rotatable bonds is 6. The number of nitrogens with two attached hydrogens (primary N) is 1. The van der Waals surface area contributed by atoms with Crippen LogP contribution in [0.15, 0.2) is 12.3 Å². The number of allylic oxidation sites excluding steroid dienone is 1. The lowest BCUT2D eigenvalue weighted by Crippen LogP contribution is -2.60. The van der Waals surface area contributed by atoms with Crippen LogP contribution in [-0.2, 0) is 42.0 Å². The molecule has 31 heavy (non-hydrogen) atoms. The van der Waals surface area contributed by atoms with Gasteiger partial charge in [-0.15, -0.1) is 0 Å². The Hall–Kier alpha value is -1.62. The van der Waals surface area contributed by atoms with E-state index in [1.54, 1.807) is 34.6 Å². The van der Waals surface area contributed by atoms with E-state index in [1.165, 1.54) is 17.2 Å².